The van der Waals surface area contributed by atoms with Crippen molar-refractivity contribution in [2.24, 2.45) is 0 Å². The Morgan fingerprint density at radius 3 is 2.25 bits per heavy atom. The monoisotopic (exact) mass is 174 g/mol. The Labute approximate surface area is 69.8 Å². The van der Waals surface area contributed by atoms with Crippen molar-refractivity contribution < 1.29 is 24.1 Å². The van der Waals surface area contributed by atoms with Crippen LogP contribution in [0, 0.1) is 0 Å². The maximum absolute atomic E-state index is 10.6. The molecule has 68 valence electrons. The lowest BCUT2D eigenvalue weighted by molar-refractivity contribution is -0.259. The van der Waals surface area contributed by atoms with E-state index >= 15 is 0 Å². The highest BCUT2D eigenvalue weighted by molar-refractivity contribution is 5.72. The van der Waals surface area contributed by atoms with Gasteiger partial charge in [-0.05, 0) is 6.92 Å². The van der Waals surface area contributed by atoms with Gasteiger partial charge in [-0.3, -0.25) is 0 Å². The summed E-state index contributed by atoms with van der Waals surface area (Å²) < 4.78 is 4.68. The minimum Gasteiger partial charge on any atom is -0.487 e. The van der Waals surface area contributed by atoms with Crippen LogP contribution in [-0.2, 0) is 24.1 Å². The van der Waals surface area contributed by atoms with Crippen LogP contribution >= 0.6 is 0 Å². The van der Waals surface area contributed by atoms with Crippen LogP contribution in [0.1, 0.15) is 13.8 Å². The molecule has 0 aliphatic rings. The lowest BCUT2D eigenvalue weighted by Gasteiger charge is -2.02. The molecule has 0 spiro atoms. The summed E-state index contributed by atoms with van der Waals surface area (Å²) in [6.07, 6.45) is 0. The largest absolute Gasteiger partial charge is 0.487 e. The zero-order valence-electron chi connectivity index (χ0n) is 6.96. The van der Waals surface area contributed by atoms with Crippen LogP contribution in [0.5, 0.6) is 0 Å². The maximum Gasteiger partial charge on any atom is 0.392 e. The molecule has 0 saturated heterocycles. The Hall–Kier alpha value is -1.52. The Kier molecular flexibility index (Phi) is 4.52. The highest BCUT2D eigenvalue weighted by Gasteiger charge is 2.06. The minimum absolute atomic E-state index is 0.317. The fourth-order valence-corrected chi connectivity index (χ4v) is 0.311. The fourth-order valence-electron chi connectivity index (χ4n) is 0.311. The van der Waals surface area contributed by atoms with E-state index in [2.05, 4.69) is 21.1 Å². The second-order valence-electron chi connectivity index (χ2n) is 2.02. The molecule has 0 atom stereocenters. The topological polar surface area (TPSA) is 61.8 Å². The average molecular weight is 174 g/mol. The van der Waals surface area contributed by atoms with Gasteiger partial charge in [-0.15, -0.1) is 0 Å². The summed E-state index contributed by atoms with van der Waals surface area (Å²) in [6.45, 7) is 5.77. The van der Waals surface area contributed by atoms with Crippen molar-refractivity contribution in [1.29, 1.82) is 0 Å². The third kappa shape index (κ3) is 6.60. The number of hydrogen-bond donors (Lipinski definition) is 0. The number of carbonyl (C=O) groups excluding carboxylic acids is 2. The molecule has 12 heavy (non-hydrogen) atoms. The van der Waals surface area contributed by atoms with E-state index in [0.717, 1.165) is 6.92 Å². The number of carbonyl (C=O) groups is 2. The van der Waals surface area contributed by atoms with Gasteiger partial charge in [0.1, 0.15) is 0 Å². The first-order chi connectivity index (χ1) is 5.52. The van der Waals surface area contributed by atoms with E-state index in [0.29, 0.717) is 5.76 Å². The Bertz CT molecular complexity index is 176. The Morgan fingerprint density at radius 1 is 1.25 bits per heavy atom. The molecular formula is C7H10O5. The molecule has 0 saturated carbocycles. The van der Waals surface area contributed by atoms with Crippen LogP contribution in [0.3, 0.4) is 0 Å². The lowest BCUT2D eigenvalue weighted by Crippen LogP contribution is -2.14. The first-order valence-electron chi connectivity index (χ1n) is 3.18. The van der Waals surface area contributed by atoms with Crippen LogP contribution in [0.25, 0.3) is 0 Å². The summed E-state index contributed by atoms with van der Waals surface area (Å²) >= 11 is 0. The fraction of sp³-hybridized carbons (Fsp3) is 0.429. The van der Waals surface area contributed by atoms with E-state index in [9.17, 15) is 9.59 Å². The summed E-state index contributed by atoms with van der Waals surface area (Å²) in [4.78, 5) is 28.7. The predicted octanol–water partition coefficient (Wildman–Crippen LogP) is 0.558. The standard InChI is InChI=1S/C7H10O5/c1-5(2)10-4-7(9)12-11-6(3)8/h1,4H2,2-3H3. The van der Waals surface area contributed by atoms with Gasteiger partial charge >= 0.3 is 11.9 Å². The molecule has 0 radical (unpaired) electrons. The van der Waals surface area contributed by atoms with Crippen molar-refractivity contribution in [1.82, 2.24) is 0 Å². The van der Waals surface area contributed by atoms with Gasteiger partial charge in [0.05, 0.1) is 5.76 Å². The van der Waals surface area contributed by atoms with Gasteiger partial charge in [-0.25, -0.2) is 19.4 Å². The third-order valence-corrected chi connectivity index (χ3v) is 0.688. The van der Waals surface area contributed by atoms with Crippen LogP contribution in [0.15, 0.2) is 12.3 Å². The van der Waals surface area contributed by atoms with Gasteiger partial charge < -0.3 is 4.74 Å². The van der Waals surface area contributed by atoms with E-state index in [4.69, 9.17) is 0 Å². The molecule has 0 fully saturated rings. The first-order valence-corrected chi connectivity index (χ1v) is 3.18. The molecule has 0 aliphatic heterocycles. The van der Waals surface area contributed by atoms with Crippen molar-refractivity contribution in [3.05, 3.63) is 12.3 Å². The zero-order chi connectivity index (χ0) is 9.56. The number of hydrogen-bond acceptors (Lipinski definition) is 5. The van der Waals surface area contributed by atoms with Crippen molar-refractivity contribution in [2.45, 2.75) is 13.8 Å². The smallest absolute Gasteiger partial charge is 0.392 e. The number of allylic oxidation sites excluding steroid dienone is 1. The molecule has 0 N–H and O–H groups in total. The summed E-state index contributed by atoms with van der Waals surface area (Å²) in [6, 6.07) is 0. The van der Waals surface area contributed by atoms with Crippen LogP contribution in [0.4, 0.5) is 0 Å². The molecule has 0 aromatic heterocycles. The molecule has 0 aromatic rings. The molecule has 0 aliphatic carbocycles. The summed E-state index contributed by atoms with van der Waals surface area (Å²) in [5.41, 5.74) is 0. The number of ether oxygens (including phenoxy) is 1. The minimum atomic E-state index is -0.784. The second kappa shape index (κ2) is 5.17. The van der Waals surface area contributed by atoms with E-state index in [-0.39, 0.29) is 6.61 Å². The van der Waals surface area contributed by atoms with Gasteiger partial charge in [-0.1, -0.05) is 6.58 Å². The van der Waals surface area contributed by atoms with E-state index in [1.165, 1.54) is 0 Å². The molecule has 0 bridgehead atoms. The molecule has 0 amide bonds. The molecule has 0 aromatic carbocycles. The van der Waals surface area contributed by atoms with Gasteiger partial charge in [-0.2, -0.15) is 0 Å². The molecular weight excluding hydrogens is 164 g/mol. The average Bonchev–Trinajstić information content (AvgIpc) is 1.96. The lowest BCUT2D eigenvalue weighted by atomic mass is 10.6. The van der Waals surface area contributed by atoms with Gasteiger partial charge in [0.15, 0.2) is 6.61 Å². The second-order valence-corrected chi connectivity index (χ2v) is 2.02. The Balaban J connectivity index is 3.47. The van der Waals surface area contributed by atoms with E-state index < -0.39 is 11.9 Å². The van der Waals surface area contributed by atoms with Crippen LogP contribution in [-0.4, -0.2) is 18.5 Å². The van der Waals surface area contributed by atoms with Crippen molar-refractivity contribution in [3.8, 4) is 0 Å². The molecule has 0 rings (SSSR count). The zero-order valence-corrected chi connectivity index (χ0v) is 6.96. The van der Waals surface area contributed by atoms with Gasteiger partial charge in [0, 0.05) is 6.92 Å². The normalized spacial score (nSPS) is 8.50. The molecule has 0 unspecified atom stereocenters. The van der Waals surface area contributed by atoms with Crippen molar-refractivity contribution >= 4 is 11.9 Å². The summed E-state index contributed by atoms with van der Waals surface area (Å²) in [5.74, 6) is -1.10. The quantitative estimate of drug-likeness (QED) is 0.355. The highest BCUT2D eigenvalue weighted by Crippen LogP contribution is 1.91. The Morgan fingerprint density at radius 2 is 1.83 bits per heavy atom. The summed E-state index contributed by atoms with van der Waals surface area (Å²) in [5, 5.41) is 0. The van der Waals surface area contributed by atoms with Gasteiger partial charge in [0.25, 0.3) is 0 Å². The van der Waals surface area contributed by atoms with Crippen LogP contribution < -0.4 is 0 Å². The van der Waals surface area contributed by atoms with Crippen molar-refractivity contribution in [3.63, 3.8) is 0 Å². The van der Waals surface area contributed by atoms with Crippen LogP contribution in [0.2, 0.25) is 0 Å². The summed E-state index contributed by atoms with van der Waals surface area (Å²) in [7, 11) is 0. The predicted molar refractivity (Wildman–Crippen MR) is 38.6 cm³/mol. The SMILES string of the molecule is C=C(C)OCC(=O)OOC(C)=O. The van der Waals surface area contributed by atoms with Gasteiger partial charge in [0.2, 0.25) is 0 Å². The van der Waals surface area contributed by atoms with Crippen molar-refractivity contribution in [2.75, 3.05) is 6.61 Å². The molecule has 0 heterocycles. The number of rotatable bonds is 3. The molecule has 5 nitrogen and oxygen atoms in total. The first kappa shape index (κ1) is 10.5. The highest BCUT2D eigenvalue weighted by atomic mass is 17.2. The third-order valence-electron chi connectivity index (χ3n) is 0.688. The molecule has 5 heteroatoms. The maximum atomic E-state index is 10.6. The van der Waals surface area contributed by atoms with E-state index in [1.54, 1.807) is 6.92 Å². The van der Waals surface area contributed by atoms with E-state index in [1.807, 2.05) is 0 Å².